The monoisotopic (exact) mass is 321 g/mol. The van der Waals surface area contributed by atoms with Crippen LogP contribution in [0.2, 0.25) is 5.02 Å². The molecule has 1 aromatic heterocycles. The maximum absolute atomic E-state index is 12.2. The largest absolute Gasteiger partial charge is 0.492 e. The van der Waals surface area contributed by atoms with Gasteiger partial charge in [-0.1, -0.05) is 25.4 Å². The van der Waals surface area contributed by atoms with Gasteiger partial charge in [-0.05, 0) is 37.5 Å². The molecule has 22 heavy (non-hydrogen) atoms. The van der Waals surface area contributed by atoms with Gasteiger partial charge in [0.05, 0.1) is 23.5 Å². The normalized spacial score (nSPS) is 10.8. The van der Waals surface area contributed by atoms with Crippen LogP contribution in [0.5, 0.6) is 5.75 Å². The van der Waals surface area contributed by atoms with Gasteiger partial charge in [0.25, 0.3) is 5.91 Å². The van der Waals surface area contributed by atoms with E-state index in [9.17, 15) is 4.79 Å². The van der Waals surface area contributed by atoms with Crippen LogP contribution in [0, 0.1) is 12.8 Å². The zero-order chi connectivity index (χ0) is 16.1. The number of anilines is 1. The van der Waals surface area contributed by atoms with E-state index in [0.29, 0.717) is 40.3 Å². The maximum Gasteiger partial charge on any atom is 0.259 e. The van der Waals surface area contributed by atoms with Crippen LogP contribution in [0.1, 0.15) is 36.4 Å². The standard InChI is InChI=1S/C17H20ClNO3/c1-11(2)6-8-22-16-10-13(4-5-15(16)18)19-17(20)14-7-9-21-12(14)3/h4-5,7,9-11H,6,8H2,1-3H3,(H,19,20). The van der Waals surface area contributed by atoms with Crippen molar-refractivity contribution in [3.05, 3.63) is 46.9 Å². The van der Waals surface area contributed by atoms with Crippen LogP contribution in [0.3, 0.4) is 0 Å². The Morgan fingerprint density at radius 1 is 1.36 bits per heavy atom. The first kappa shape index (κ1) is 16.4. The van der Waals surface area contributed by atoms with Crippen molar-refractivity contribution in [2.45, 2.75) is 27.2 Å². The lowest BCUT2D eigenvalue weighted by atomic mass is 10.1. The number of furan rings is 1. The number of benzene rings is 1. The minimum absolute atomic E-state index is 0.221. The van der Waals surface area contributed by atoms with E-state index in [-0.39, 0.29) is 5.91 Å². The molecule has 4 nitrogen and oxygen atoms in total. The summed E-state index contributed by atoms with van der Waals surface area (Å²) in [5, 5.41) is 3.34. The first-order chi connectivity index (χ1) is 10.5. The van der Waals surface area contributed by atoms with Crippen molar-refractivity contribution in [3.63, 3.8) is 0 Å². The zero-order valence-corrected chi connectivity index (χ0v) is 13.7. The van der Waals surface area contributed by atoms with Crippen molar-refractivity contribution >= 4 is 23.2 Å². The number of ether oxygens (including phenoxy) is 1. The summed E-state index contributed by atoms with van der Waals surface area (Å²) in [7, 11) is 0. The fourth-order valence-corrected chi connectivity index (χ4v) is 2.09. The minimum atomic E-state index is -0.221. The molecule has 0 fully saturated rings. The number of halogens is 1. The van der Waals surface area contributed by atoms with Crippen LogP contribution in [-0.4, -0.2) is 12.5 Å². The highest BCUT2D eigenvalue weighted by molar-refractivity contribution is 6.32. The quantitative estimate of drug-likeness (QED) is 0.821. The molecule has 5 heteroatoms. The van der Waals surface area contributed by atoms with E-state index in [1.807, 2.05) is 0 Å². The Hall–Kier alpha value is -1.94. The number of aryl methyl sites for hydroxylation is 1. The Balaban J connectivity index is 2.05. The Morgan fingerprint density at radius 2 is 2.14 bits per heavy atom. The van der Waals surface area contributed by atoms with E-state index in [1.165, 1.54) is 6.26 Å². The number of carbonyl (C=O) groups is 1. The molecule has 2 aromatic rings. The molecule has 0 bridgehead atoms. The first-order valence-corrected chi connectivity index (χ1v) is 7.63. The predicted molar refractivity (Wildman–Crippen MR) is 87.8 cm³/mol. The number of amides is 1. The average molecular weight is 322 g/mol. The summed E-state index contributed by atoms with van der Waals surface area (Å²) >= 11 is 6.12. The SMILES string of the molecule is Cc1occc1C(=O)Nc1ccc(Cl)c(OCCC(C)C)c1. The lowest BCUT2D eigenvalue weighted by Crippen LogP contribution is -2.12. The minimum Gasteiger partial charge on any atom is -0.492 e. The molecule has 0 saturated carbocycles. The highest BCUT2D eigenvalue weighted by Gasteiger charge is 2.12. The summed E-state index contributed by atoms with van der Waals surface area (Å²) in [6.07, 6.45) is 2.44. The van der Waals surface area contributed by atoms with Gasteiger partial charge in [0.15, 0.2) is 0 Å². The fourth-order valence-electron chi connectivity index (χ4n) is 1.92. The van der Waals surface area contributed by atoms with Crippen LogP contribution < -0.4 is 10.1 Å². The summed E-state index contributed by atoms with van der Waals surface area (Å²) < 4.78 is 10.8. The Morgan fingerprint density at radius 3 is 2.77 bits per heavy atom. The summed E-state index contributed by atoms with van der Waals surface area (Å²) in [5.41, 5.74) is 1.15. The summed E-state index contributed by atoms with van der Waals surface area (Å²) in [6.45, 7) is 6.61. The second-order valence-corrected chi connectivity index (χ2v) is 5.93. The van der Waals surface area contributed by atoms with Gasteiger partial charge in [-0.3, -0.25) is 4.79 Å². The summed E-state index contributed by atoms with van der Waals surface area (Å²) in [5.74, 6) is 1.50. The number of nitrogens with one attached hydrogen (secondary N) is 1. The van der Waals surface area contributed by atoms with Gasteiger partial charge in [-0.2, -0.15) is 0 Å². The van der Waals surface area contributed by atoms with Gasteiger partial charge in [-0.25, -0.2) is 0 Å². The molecule has 0 aliphatic carbocycles. The highest BCUT2D eigenvalue weighted by atomic mass is 35.5. The molecule has 1 amide bonds. The number of carbonyl (C=O) groups excluding carboxylic acids is 1. The molecule has 1 aromatic carbocycles. The molecule has 0 saturated heterocycles. The highest BCUT2D eigenvalue weighted by Crippen LogP contribution is 2.28. The average Bonchev–Trinajstić information content (AvgIpc) is 2.88. The van der Waals surface area contributed by atoms with Crippen LogP contribution in [0.25, 0.3) is 0 Å². The van der Waals surface area contributed by atoms with Crippen LogP contribution in [0.4, 0.5) is 5.69 Å². The molecule has 2 rings (SSSR count). The topological polar surface area (TPSA) is 51.5 Å². The van der Waals surface area contributed by atoms with Crippen LogP contribution in [0.15, 0.2) is 34.9 Å². The van der Waals surface area contributed by atoms with Crippen molar-refractivity contribution in [1.29, 1.82) is 0 Å². The lowest BCUT2D eigenvalue weighted by Gasteiger charge is -2.12. The Kier molecular flexibility index (Phi) is 5.50. The smallest absolute Gasteiger partial charge is 0.259 e. The molecular weight excluding hydrogens is 302 g/mol. The van der Waals surface area contributed by atoms with Crippen LogP contribution in [-0.2, 0) is 0 Å². The van der Waals surface area contributed by atoms with Crippen molar-refractivity contribution < 1.29 is 13.9 Å². The molecule has 0 aliphatic heterocycles. The molecule has 0 atom stereocenters. The second-order valence-electron chi connectivity index (χ2n) is 5.52. The lowest BCUT2D eigenvalue weighted by molar-refractivity contribution is 0.102. The number of rotatable bonds is 6. The van der Waals surface area contributed by atoms with E-state index >= 15 is 0 Å². The third kappa shape index (κ3) is 4.28. The number of hydrogen-bond donors (Lipinski definition) is 1. The molecule has 0 spiro atoms. The van der Waals surface area contributed by atoms with E-state index in [4.69, 9.17) is 20.8 Å². The third-order valence-corrected chi connectivity index (χ3v) is 3.56. The summed E-state index contributed by atoms with van der Waals surface area (Å²) in [4.78, 5) is 12.2. The molecule has 0 unspecified atom stereocenters. The van der Waals surface area contributed by atoms with E-state index < -0.39 is 0 Å². The first-order valence-electron chi connectivity index (χ1n) is 7.25. The van der Waals surface area contributed by atoms with Gasteiger partial charge in [0, 0.05) is 11.8 Å². The fraction of sp³-hybridized carbons (Fsp3) is 0.353. The van der Waals surface area contributed by atoms with Crippen LogP contribution >= 0.6 is 11.6 Å². The third-order valence-electron chi connectivity index (χ3n) is 3.25. The molecule has 0 aliphatic rings. The Labute approximate surface area is 135 Å². The maximum atomic E-state index is 12.2. The van der Waals surface area contributed by atoms with Gasteiger partial charge in [0.2, 0.25) is 0 Å². The van der Waals surface area contributed by atoms with Crippen molar-refractivity contribution in [2.24, 2.45) is 5.92 Å². The van der Waals surface area contributed by atoms with Crippen molar-refractivity contribution in [1.82, 2.24) is 0 Å². The molecule has 1 heterocycles. The van der Waals surface area contributed by atoms with E-state index in [0.717, 1.165) is 6.42 Å². The van der Waals surface area contributed by atoms with E-state index in [1.54, 1.807) is 31.2 Å². The van der Waals surface area contributed by atoms with Crippen molar-refractivity contribution in [2.75, 3.05) is 11.9 Å². The summed E-state index contributed by atoms with van der Waals surface area (Å²) in [6, 6.07) is 6.83. The van der Waals surface area contributed by atoms with Gasteiger partial charge < -0.3 is 14.5 Å². The molecular formula is C17H20ClNO3. The molecule has 0 radical (unpaired) electrons. The zero-order valence-electron chi connectivity index (χ0n) is 13.0. The molecule has 1 N–H and O–H groups in total. The van der Waals surface area contributed by atoms with Gasteiger partial charge in [-0.15, -0.1) is 0 Å². The van der Waals surface area contributed by atoms with Gasteiger partial charge >= 0.3 is 0 Å². The predicted octanol–water partition coefficient (Wildman–Crippen LogP) is 4.92. The van der Waals surface area contributed by atoms with Gasteiger partial charge in [0.1, 0.15) is 11.5 Å². The number of hydrogen-bond acceptors (Lipinski definition) is 3. The van der Waals surface area contributed by atoms with Crippen molar-refractivity contribution in [3.8, 4) is 5.75 Å². The Bertz CT molecular complexity index is 649. The second kappa shape index (κ2) is 7.36. The van der Waals surface area contributed by atoms with E-state index in [2.05, 4.69) is 19.2 Å². The molecule has 118 valence electrons.